The highest BCUT2D eigenvalue weighted by Crippen LogP contribution is 2.51. The normalized spacial score (nSPS) is 12.7. The largest absolute Gasteiger partial charge is 0.228 e. The van der Waals surface area contributed by atoms with Crippen LogP contribution in [0.25, 0.3) is 100.0 Å². The van der Waals surface area contributed by atoms with E-state index < -0.39 is 0 Å². The van der Waals surface area contributed by atoms with Crippen LogP contribution in [0.2, 0.25) is 0 Å². The first-order chi connectivity index (χ1) is 29.0. The van der Waals surface area contributed by atoms with Crippen LogP contribution in [0.4, 0.5) is 0 Å². The molecular formula is C57H40N2. The number of benzene rings is 9. The molecule has 0 spiro atoms. The topological polar surface area (TPSA) is 25.8 Å². The van der Waals surface area contributed by atoms with Crippen molar-refractivity contribution in [2.75, 3.05) is 0 Å². The van der Waals surface area contributed by atoms with E-state index in [1.807, 2.05) is 0 Å². The van der Waals surface area contributed by atoms with Crippen molar-refractivity contribution in [2.24, 2.45) is 0 Å². The first-order valence-corrected chi connectivity index (χ1v) is 20.4. The average molecular weight is 753 g/mol. The molecule has 9 aromatic carbocycles. The monoisotopic (exact) mass is 752 g/mol. The van der Waals surface area contributed by atoms with Crippen molar-refractivity contribution in [3.05, 3.63) is 217 Å². The number of rotatable bonds is 6. The zero-order valence-corrected chi connectivity index (χ0v) is 33.0. The molecule has 2 nitrogen and oxygen atoms in total. The van der Waals surface area contributed by atoms with Gasteiger partial charge in [0.1, 0.15) is 0 Å². The van der Waals surface area contributed by atoms with Gasteiger partial charge < -0.3 is 0 Å². The molecule has 10 aromatic rings. The standard InChI is InChI=1S/C57H40N2/c1-57(2)52-35-45(29-30-49(52)51-33-43-17-9-10-18-44(43)34-53(51)57)46-31-32-50(48-20-12-11-19-47(46)48)56-58-54(41-25-21-39(22-26-41)37-13-5-3-6-14-37)36-55(59-56)42-27-23-40(24-28-42)38-15-7-4-8-16-38/h3-36H,1-2H3. The molecular weight excluding hydrogens is 713 g/mol. The molecule has 0 amide bonds. The third kappa shape index (κ3) is 6.04. The predicted molar refractivity (Wildman–Crippen MR) is 247 cm³/mol. The van der Waals surface area contributed by atoms with Gasteiger partial charge in [-0.05, 0) is 108 Å². The van der Waals surface area contributed by atoms with Gasteiger partial charge >= 0.3 is 0 Å². The summed E-state index contributed by atoms with van der Waals surface area (Å²) >= 11 is 0. The van der Waals surface area contributed by atoms with Crippen LogP contribution in [-0.2, 0) is 5.41 Å². The summed E-state index contributed by atoms with van der Waals surface area (Å²) in [5.74, 6) is 0.706. The van der Waals surface area contributed by atoms with Crippen LogP contribution in [0.1, 0.15) is 25.0 Å². The van der Waals surface area contributed by atoms with Gasteiger partial charge in [0.2, 0.25) is 0 Å². The fraction of sp³-hybridized carbons (Fsp3) is 0.0526. The van der Waals surface area contributed by atoms with Crippen LogP contribution < -0.4 is 0 Å². The Morgan fingerprint density at radius 2 is 0.729 bits per heavy atom. The minimum Gasteiger partial charge on any atom is -0.228 e. The first-order valence-electron chi connectivity index (χ1n) is 20.4. The summed E-state index contributed by atoms with van der Waals surface area (Å²) in [6.45, 7) is 4.73. The maximum absolute atomic E-state index is 5.32. The Kier molecular flexibility index (Phi) is 8.20. The molecule has 0 saturated heterocycles. The van der Waals surface area contributed by atoms with Crippen LogP contribution in [0.3, 0.4) is 0 Å². The Labute approximate surface area is 345 Å². The first kappa shape index (κ1) is 34.8. The second-order valence-electron chi connectivity index (χ2n) is 16.2. The van der Waals surface area contributed by atoms with Crippen molar-refractivity contribution in [3.8, 4) is 78.4 Å². The van der Waals surface area contributed by atoms with E-state index in [1.165, 1.54) is 71.8 Å². The molecule has 1 aliphatic carbocycles. The maximum atomic E-state index is 5.32. The molecule has 0 atom stereocenters. The lowest BCUT2D eigenvalue weighted by Gasteiger charge is -2.22. The van der Waals surface area contributed by atoms with E-state index >= 15 is 0 Å². The van der Waals surface area contributed by atoms with Gasteiger partial charge in [0.15, 0.2) is 5.82 Å². The summed E-state index contributed by atoms with van der Waals surface area (Å²) in [6, 6.07) is 74.3. The molecule has 0 saturated carbocycles. The number of fused-ring (bicyclic) bond motifs is 5. The highest BCUT2D eigenvalue weighted by atomic mass is 14.9. The molecule has 0 unspecified atom stereocenters. The molecule has 59 heavy (non-hydrogen) atoms. The van der Waals surface area contributed by atoms with E-state index in [0.29, 0.717) is 5.82 Å². The zero-order chi connectivity index (χ0) is 39.5. The van der Waals surface area contributed by atoms with E-state index in [2.05, 4.69) is 220 Å². The van der Waals surface area contributed by atoms with Gasteiger partial charge in [-0.2, -0.15) is 0 Å². The molecule has 278 valence electrons. The summed E-state index contributed by atoms with van der Waals surface area (Å²) in [7, 11) is 0. The fourth-order valence-electron chi connectivity index (χ4n) is 9.13. The van der Waals surface area contributed by atoms with Crippen LogP contribution in [0.5, 0.6) is 0 Å². The van der Waals surface area contributed by atoms with Crippen LogP contribution in [0, 0.1) is 0 Å². The third-order valence-electron chi connectivity index (χ3n) is 12.3. The second-order valence-corrected chi connectivity index (χ2v) is 16.2. The highest BCUT2D eigenvalue weighted by molar-refractivity contribution is 6.05. The Morgan fingerprint density at radius 1 is 0.305 bits per heavy atom. The van der Waals surface area contributed by atoms with Crippen molar-refractivity contribution < 1.29 is 0 Å². The van der Waals surface area contributed by atoms with Crippen molar-refractivity contribution in [1.29, 1.82) is 0 Å². The smallest absolute Gasteiger partial charge is 0.161 e. The van der Waals surface area contributed by atoms with Crippen molar-refractivity contribution in [1.82, 2.24) is 9.97 Å². The summed E-state index contributed by atoms with van der Waals surface area (Å²) in [6.07, 6.45) is 0. The zero-order valence-electron chi connectivity index (χ0n) is 33.0. The molecule has 2 heteroatoms. The Hall–Kier alpha value is -7.42. The quantitative estimate of drug-likeness (QED) is 0.169. The van der Waals surface area contributed by atoms with Gasteiger partial charge in [0.05, 0.1) is 11.4 Å². The average Bonchev–Trinajstić information content (AvgIpc) is 3.52. The molecule has 1 aliphatic rings. The lowest BCUT2D eigenvalue weighted by molar-refractivity contribution is 0.661. The molecule has 0 bridgehead atoms. The molecule has 0 N–H and O–H groups in total. The summed E-state index contributed by atoms with van der Waals surface area (Å²) in [4.78, 5) is 10.6. The lowest BCUT2D eigenvalue weighted by Crippen LogP contribution is -2.15. The number of hydrogen-bond donors (Lipinski definition) is 0. The van der Waals surface area contributed by atoms with E-state index in [4.69, 9.17) is 9.97 Å². The van der Waals surface area contributed by atoms with Crippen molar-refractivity contribution >= 4 is 21.5 Å². The van der Waals surface area contributed by atoms with Crippen molar-refractivity contribution in [3.63, 3.8) is 0 Å². The Balaban J connectivity index is 1.03. The van der Waals surface area contributed by atoms with E-state index in [-0.39, 0.29) is 5.41 Å². The van der Waals surface area contributed by atoms with E-state index in [0.717, 1.165) is 33.5 Å². The predicted octanol–water partition coefficient (Wildman–Crippen LogP) is 15.1. The minimum atomic E-state index is -0.121. The van der Waals surface area contributed by atoms with Crippen LogP contribution in [-0.4, -0.2) is 9.97 Å². The molecule has 1 heterocycles. The third-order valence-corrected chi connectivity index (χ3v) is 12.3. The lowest BCUT2D eigenvalue weighted by atomic mass is 9.81. The molecule has 0 fully saturated rings. The van der Waals surface area contributed by atoms with Crippen molar-refractivity contribution in [2.45, 2.75) is 19.3 Å². The number of hydrogen-bond acceptors (Lipinski definition) is 2. The Bertz CT molecular complexity index is 3100. The molecule has 11 rings (SSSR count). The van der Waals surface area contributed by atoms with Crippen LogP contribution in [0.15, 0.2) is 206 Å². The van der Waals surface area contributed by atoms with Gasteiger partial charge in [0.25, 0.3) is 0 Å². The Morgan fingerprint density at radius 3 is 1.32 bits per heavy atom. The summed E-state index contributed by atoms with van der Waals surface area (Å²) in [5.41, 5.74) is 17.3. The molecule has 1 aromatic heterocycles. The number of nitrogens with zero attached hydrogens (tertiary/aromatic N) is 2. The van der Waals surface area contributed by atoms with Gasteiger partial charge in [-0.15, -0.1) is 0 Å². The minimum absolute atomic E-state index is 0.121. The van der Waals surface area contributed by atoms with Gasteiger partial charge in [-0.3, -0.25) is 0 Å². The van der Waals surface area contributed by atoms with Crippen LogP contribution >= 0.6 is 0 Å². The molecule has 0 radical (unpaired) electrons. The SMILES string of the molecule is CC1(C)c2cc(-c3ccc(-c4nc(-c5ccc(-c6ccccc6)cc5)cc(-c5ccc(-c6ccccc6)cc5)n4)c4ccccc34)ccc2-c2cc3ccccc3cc21. The number of aromatic nitrogens is 2. The summed E-state index contributed by atoms with van der Waals surface area (Å²) in [5, 5.41) is 4.88. The highest BCUT2D eigenvalue weighted by Gasteiger charge is 2.36. The van der Waals surface area contributed by atoms with E-state index in [1.54, 1.807) is 0 Å². The van der Waals surface area contributed by atoms with Gasteiger partial charge in [-0.1, -0.05) is 190 Å². The van der Waals surface area contributed by atoms with Gasteiger partial charge in [0, 0.05) is 22.1 Å². The maximum Gasteiger partial charge on any atom is 0.161 e. The second kappa shape index (κ2) is 13.9. The fourth-order valence-corrected chi connectivity index (χ4v) is 9.13. The summed E-state index contributed by atoms with van der Waals surface area (Å²) < 4.78 is 0. The molecule has 0 aliphatic heterocycles. The van der Waals surface area contributed by atoms with Gasteiger partial charge in [-0.25, -0.2) is 9.97 Å². The van der Waals surface area contributed by atoms with E-state index in [9.17, 15) is 0 Å².